The first-order valence-corrected chi connectivity index (χ1v) is 10.4. The second-order valence-corrected chi connectivity index (χ2v) is 8.22. The zero-order valence-corrected chi connectivity index (χ0v) is 17.0. The minimum atomic E-state index is -2.66. The van der Waals surface area contributed by atoms with E-state index in [-0.39, 0.29) is 11.6 Å². The van der Waals surface area contributed by atoms with E-state index in [2.05, 4.69) is 15.1 Å². The van der Waals surface area contributed by atoms with Crippen LogP contribution in [0.4, 0.5) is 13.2 Å². The van der Waals surface area contributed by atoms with Crippen molar-refractivity contribution < 1.29 is 13.2 Å². The van der Waals surface area contributed by atoms with E-state index in [1.807, 2.05) is 40.7 Å². The van der Waals surface area contributed by atoms with Gasteiger partial charge in [0.05, 0.1) is 29.3 Å². The smallest absolute Gasteiger partial charge is 0.280 e. The summed E-state index contributed by atoms with van der Waals surface area (Å²) in [5, 5.41) is 4.43. The van der Waals surface area contributed by atoms with Crippen molar-refractivity contribution in [2.24, 2.45) is 13.0 Å². The van der Waals surface area contributed by atoms with E-state index in [4.69, 9.17) is 0 Å². The Bertz CT molecular complexity index is 1230. The predicted octanol–water partition coefficient (Wildman–Crippen LogP) is 5.57. The van der Waals surface area contributed by atoms with E-state index in [9.17, 15) is 13.2 Å². The summed E-state index contributed by atoms with van der Waals surface area (Å²) in [6.07, 6.45) is 3.96. The molecule has 31 heavy (non-hydrogen) atoms. The predicted molar refractivity (Wildman–Crippen MR) is 112 cm³/mol. The molecule has 3 aromatic heterocycles. The summed E-state index contributed by atoms with van der Waals surface area (Å²) < 4.78 is 44.0. The first-order chi connectivity index (χ1) is 15.0. The van der Waals surface area contributed by atoms with E-state index in [0.717, 1.165) is 28.6 Å². The molecule has 5 nitrogen and oxygen atoms in total. The van der Waals surface area contributed by atoms with E-state index >= 15 is 0 Å². The molecule has 0 amide bonds. The van der Waals surface area contributed by atoms with Crippen molar-refractivity contribution in [3.63, 3.8) is 0 Å². The highest BCUT2D eigenvalue weighted by atomic mass is 19.3. The fraction of sp³-hybridized carbons (Fsp3) is 0.348. The molecule has 0 aliphatic heterocycles. The lowest BCUT2D eigenvalue weighted by molar-refractivity contribution is 0.146. The third-order valence-corrected chi connectivity index (χ3v) is 6.01. The first-order valence-electron chi connectivity index (χ1n) is 10.4. The van der Waals surface area contributed by atoms with Gasteiger partial charge in [-0.2, -0.15) is 5.10 Å². The molecule has 1 aliphatic carbocycles. The molecule has 2 atom stereocenters. The van der Waals surface area contributed by atoms with Crippen molar-refractivity contribution in [1.29, 1.82) is 0 Å². The second kappa shape index (κ2) is 7.83. The summed E-state index contributed by atoms with van der Waals surface area (Å²) in [4.78, 5) is 8.66. The Morgan fingerprint density at radius 3 is 2.77 bits per heavy atom. The van der Waals surface area contributed by atoms with E-state index < -0.39 is 12.6 Å². The minimum absolute atomic E-state index is 0.271. The Balaban J connectivity index is 1.54. The lowest BCUT2D eigenvalue weighted by Crippen LogP contribution is -2.08. The molecule has 5 rings (SSSR count). The monoisotopic (exact) mass is 425 g/mol. The molecule has 0 spiro atoms. The summed E-state index contributed by atoms with van der Waals surface area (Å²) in [5.74, 6) is 0.271. The maximum absolute atomic E-state index is 13.5. The third kappa shape index (κ3) is 3.82. The Morgan fingerprint density at radius 1 is 1.13 bits per heavy atom. The number of aromatic nitrogens is 5. The average Bonchev–Trinajstić information content (AvgIpc) is 3.48. The lowest BCUT2D eigenvalue weighted by atomic mass is 10.0. The van der Waals surface area contributed by atoms with Gasteiger partial charge in [0.2, 0.25) is 0 Å². The fourth-order valence-corrected chi connectivity index (χ4v) is 4.38. The zero-order chi connectivity index (χ0) is 21.5. The summed E-state index contributed by atoms with van der Waals surface area (Å²) >= 11 is 0. The lowest BCUT2D eigenvalue weighted by Gasteiger charge is -2.11. The van der Waals surface area contributed by atoms with Gasteiger partial charge in [0.25, 0.3) is 6.43 Å². The van der Waals surface area contributed by atoms with Gasteiger partial charge in [-0.25, -0.2) is 23.1 Å². The van der Waals surface area contributed by atoms with Crippen molar-refractivity contribution in [1.82, 2.24) is 24.3 Å². The van der Waals surface area contributed by atoms with Crippen LogP contribution in [0.25, 0.3) is 33.4 Å². The number of pyridine rings is 1. The van der Waals surface area contributed by atoms with Gasteiger partial charge in [-0.05, 0) is 43.4 Å². The molecule has 3 heterocycles. The quantitative estimate of drug-likeness (QED) is 0.420. The molecule has 0 unspecified atom stereocenters. The second-order valence-electron chi connectivity index (χ2n) is 8.22. The molecule has 1 aromatic carbocycles. The number of aryl methyl sites for hydroxylation is 1. The van der Waals surface area contributed by atoms with Crippen LogP contribution in [-0.2, 0) is 13.6 Å². The van der Waals surface area contributed by atoms with Crippen LogP contribution < -0.4 is 0 Å². The molecule has 8 heteroatoms. The van der Waals surface area contributed by atoms with Crippen LogP contribution in [0.3, 0.4) is 0 Å². The van der Waals surface area contributed by atoms with E-state index in [1.54, 1.807) is 18.6 Å². The Morgan fingerprint density at radius 2 is 2.00 bits per heavy atom. The molecule has 4 aromatic rings. The van der Waals surface area contributed by atoms with Crippen LogP contribution in [0.5, 0.6) is 0 Å². The number of imidazole rings is 1. The van der Waals surface area contributed by atoms with Gasteiger partial charge in [0, 0.05) is 36.5 Å². The highest BCUT2D eigenvalue weighted by molar-refractivity contribution is 5.86. The number of benzene rings is 1. The van der Waals surface area contributed by atoms with Crippen molar-refractivity contribution >= 4 is 11.0 Å². The molecule has 0 bridgehead atoms. The van der Waals surface area contributed by atoms with Crippen LogP contribution in [0.15, 0.2) is 49.1 Å². The number of halogens is 3. The average molecular weight is 425 g/mol. The minimum Gasteiger partial charge on any atom is -0.334 e. The van der Waals surface area contributed by atoms with Crippen molar-refractivity contribution in [2.45, 2.75) is 38.4 Å². The van der Waals surface area contributed by atoms with Crippen LogP contribution in [0.1, 0.15) is 31.4 Å². The third-order valence-electron chi connectivity index (χ3n) is 6.01. The fourth-order valence-electron chi connectivity index (χ4n) is 4.38. The molecule has 1 saturated carbocycles. The van der Waals surface area contributed by atoms with Crippen LogP contribution >= 0.6 is 0 Å². The molecule has 0 saturated heterocycles. The van der Waals surface area contributed by atoms with Crippen molar-refractivity contribution in [3.8, 4) is 22.4 Å². The topological polar surface area (TPSA) is 48.5 Å². The number of hydrogen-bond donors (Lipinski definition) is 0. The van der Waals surface area contributed by atoms with E-state index in [1.165, 1.54) is 6.07 Å². The summed E-state index contributed by atoms with van der Waals surface area (Å²) in [7, 11) is 1.90. The number of hydrogen-bond acceptors (Lipinski definition) is 3. The highest BCUT2D eigenvalue weighted by Gasteiger charge is 2.25. The Hall–Kier alpha value is -3.16. The van der Waals surface area contributed by atoms with Gasteiger partial charge in [0.1, 0.15) is 11.9 Å². The zero-order valence-electron chi connectivity index (χ0n) is 17.0. The number of rotatable bonds is 5. The van der Waals surface area contributed by atoms with Crippen LogP contribution in [0, 0.1) is 5.92 Å². The SMILES string of the molecule is Cn1cnc2cc(-c3nc(C(F)F)ccc3-c3cnn(C[C@H]4CC[C@H](F)C4)c3)ccc21. The normalized spacial score (nSPS) is 19.0. The maximum Gasteiger partial charge on any atom is 0.280 e. The van der Waals surface area contributed by atoms with Gasteiger partial charge >= 0.3 is 0 Å². The van der Waals surface area contributed by atoms with Crippen molar-refractivity contribution in [3.05, 3.63) is 54.7 Å². The summed E-state index contributed by atoms with van der Waals surface area (Å²) in [5.41, 5.74) is 4.15. The molecule has 160 valence electrons. The van der Waals surface area contributed by atoms with Crippen LogP contribution in [0.2, 0.25) is 0 Å². The Kier molecular flexibility index (Phi) is 5.00. The molecule has 0 radical (unpaired) electrons. The highest BCUT2D eigenvalue weighted by Crippen LogP contribution is 2.34. The molecular weight excluding hydrogens is 403 g/mol. The largest absolute Gasteiger partial charge is 0.334 e. The first kappa shape index (κ1) is 19.8. The van der Waals surface area contributed by atoms with Gasteiger partial charge in [-0.3, -0.25) is 4.68 Å². The standard InChI is InChI=1S/C23H22F3N5/c1-30-13-27-20-9-15(3-7-21(20)30)22-18(5-6-19(29-22)23(25)26)16-10-28-31(12-16)11-14-2-4-17(24)8-14/h3,5-7,9-10,12-14,17,23H,2,4,8,11H2,1H3/t14-,17-/m0/s1. The number of alkyl halides is 3. The summed E-state index contributed by atoms with van der Waals surface area (Å²) in [6, 6.07) is 8.66. The van der Waals surface area contributed by atoms with Gasteiger partial charge in [-0.1, -0.05) is 12.1 Å². The summed E-state index contributed by atoms with van der Waals surface area (Å²) in [6.45, 7) is 0.651. The van der Waals surface area contributed by atoms with Crippen LogP contribution in [-0.4, -0.2) is 30.5 Å². The maximum atomic E-state index is 13.5. The number of nitrogens with zero attached hydrogens (tertiary/aromatic N) is 5. The number of fused-ring (bicyclic) bond motifs is 1. The van der Waals surface area contributed by atoms with Crippen molar-refractivity contribution in [2.75, 3.05) is 0 Å². The van der Waals surface area contributed by atoms with Gasteiger partial charge in [0.15, 0.2) is 0 Å². The molecule has 0 N–H and O–H groups in total. The molecular formula is C23H22F3N5. The Labute approximate surface area is 177 Å². The van der Waals surface area contributed by atoms with Gasteiger partial charge < -0.3 is 4.57 Å². The molecule has 1 fully saturated rings. The van der Waals surface area contributed by atoms with E-state index in [0.29, 0.717) is 30.6 Å². The molecule has 1 aliphatic rings. The van der Waals surface area contributed by atoms with Gasteiger partial charge in [-0.15, -0.1) is 0 Å².